The first-order valence-electron chi connectivity index (χ1n) is 4.75. The highest BCUT2D eigenvalue weighted by Crippen LogP contribution is 2.36. The van der Waals surface area contributed by atoms with Crippen LogP contribution in [0.4, 0.5) is 5.69 Å². The quantitative estimate of drug-likeness (QED) is 0.601. The summed E-state index contributed by atoms with van der Waals surface area (Å²) in [4.78, 5) is 10.3. The molecule has 0 saturated heterocycles. The maximum atomic E-state index is 10.7. The van der Waals surface area contributed by atoms with Crippen LogP contribution in [-0.4, -0.2) is 10.0 Å². The van der Waals surface area contributed by atoms with Crippen molar-refractivity contribution in [2.24, 2.45) is 5.41 Å². The van der Waals surface area contributed by atoms with Crippen LogP contribution in [0.3, 0.4) is 0 Å². The number of nitrogens with zero attached hydrogens (tertiary/aromatic N) is 1. The second-order valence-electron chi connectivity index (χ2n) is 4.58. The SMILES string of the molecule is CC(C)(C)[C@@H](O)c1ccccc1[N+](=O)[O-]. The second-order valence-corrected chi connectivity index (χ2v) is 4.58. The average Bonchev–Trinajstić information content (AvgIpc) is 2.15. The molecule has 82 valence electrons. The predicted octanol–water partition coefficient (Wildman–Crippen LogP) is 2.67. The van der Waals surface area contributed by atoms with Gasteiger partial charge in [-0.25, -0.2) is 0 Å². The summed E-state index contributed by atoms with van der Waals surface area (Å²) >= 11 is 0. The molecule has 1 aromatic carbocycles. The number of hydrogen-bond acceptors (Lipinski definition) is 3. The van der Waals surface area contributed by atoms with Crippen LogP contribution in [0, 0.1) is 15.5 Å². The molecule has 0 aromatic heterocycles. The van der Waals surface area contributed by atoms with Gasteiger partial charge in [-0.1, -0.05) is 32.9 Å². The Bertz CT molecular complexity index is 368. The molecular weight excluding hydrogens is 194 g/mol. The highest BCUT2D eigenvalue weighted by Gasteiger charge is 2.29. The van der Waals surface area contributed by atoms with Gasteiger partial charge in [0, 0.05) is 6.07 Å². The van der Waals surface area contributed by atoms with Crippen LogP contribution in [0.2, 0.25) is 0 Å². The Hall–Kier alpha value is -1.42. The van der Waals surface area contributed by atoms with Gasteiger partial charge >= 0.3 is 0 Å². The van der Waals surface area contributed by atoms with E-state index in [4.69, 9.17) is 0 Å². The van der Waals surface area contributed by atoms with Gasteiger partial charge < -0.3 is 5.11 Å². The van der Waals surface area contributed by atoms with Gasteiger partial charge in [0.2, 0.25) is 0 Å². The van der Waals surface area contributed by atoms with E-state index in [-0.39, 0.29) is 5.69 Å². The molecule has 0 amide bonds. The van der Waals surface area contributed by atoms with Crippen molar-refractivity contribution in [2.75, 3.05) is 0 Å². The fraction of sp³-hybridized carbons (Fsp3) is 0.455. The first-order valence-corrected chi connectivity index (χ1v) is 4.75. The number of para-hydroxylation sites is 1. The van der Waals surface area contributed by atoms with Gasteiger partial charge in [0.25, 0.3) is 5.69 Å². The van der Waals surface area contributed by atoms with Gasteiger partial charge in [-0.2, -0.15) is 0 Å². The zero-order chi connectivity index (χ0) is 11.6. The van der Waals surface area contributed by atoms with E-state index < -0.39 is 16.4 Å². The third-order valence-electron chi connectivity index (χ3n) is 2.25. The van der Waals surface area contributed by atoms with Crippen molar-refractivity contribution in [1.82, 2.24) is 0 Å². The molecule has 0 fully saturated rings. The molecule has 0 saturated carbocycles. The van der Waals surface area contributed by atoms with Gasteiger partial charge in [-0.15, -0.1) is 0 Å². The molecule has 0 aliphatic heterocycles. The van der Waals surface area contributed by atoms with Crippen LogP contribution >= 0.6 is 0 Å². The number of aliphatic hydroxyl groups excluding tert-OH is 1. The largest absolute Gasteiger partial charge is 0.388 e. The summed E-state index contributed by atoms with van der Waals surface area (Å²) in [6, 6.07) is 6.28. The maximum absolute atomic E-state index is 10.7. The molecule has 1 atom stereocenters. The lowest BCUT2D eigenvalue weighted by atomic mass is 9.84. The topological polar surface area (TPSA) is 63.4 Å². The van der Waals surface area contributed by atoms with Crippen molar-refractivity contribution in [1.29, 1.82) is 0 Å². The Kier molecular flexibility index (Phi) is 3.09. The van der Waals surface area contributed by atoms with Crippen molar-refractivity contribution in [3.8, 4) is 0 Å². The van der Waals surface area contributed by atoms with Gasteiger partial charge in [-0.3, -0.25) is 10.1 Å². The molecule has 0 heterocycles. The molecule has 0 unspecified atom stereocenters. The minimum absolute atomic E-state index is 0.0278. The lowest BCUT2D eigenvalue weighted by Crippen LogP contribution is -2.18. The molecule has 15 heavy (non-hydrogen) atoms. The van der Waals surface area contributed by atoms with Crippen LogP contribution < -0.4 is 0 Å². The molecule has 4 nitrogen and oxygen atoms in total. The maximum Gasteiger partial charge on any atom is 0.275 e. The van der Waals surface area contributed by atoms with Crippen LogP contribution in [0.25, 0.3) is 0 Å². The van der Waals surface area contributed by atoms with Crippen LogP contribution in [0.1, 0.15) is 32.4 Å². The van der Waals surface area contributed by atoms with Crippen LogP contribution in [0.15, 0.2) is 24.3 Å². The van der Waals surface area contributed by atoms with E-state index in [1.54, 1.807) is 18.2 Å². The van der Waals surface area contributed by atoms with E-state index in [1.165, 1.54) is 6.07 Å². The monoisotopic (exact) mass is 209 g/mol. The third-order valence-corrected chi connectivity index (χ3v) is 2.25. The summed E-state index contributed by atoms with van der Waals surface area (Å²) < 4.78 is 0. The summed E-state index contributed by atoms with van der Waals surface area (Å²) in [5, 5.41) is 20.7. The summed E-state index contributed by atoms with van der Waals surface area (Å²) in [7, 11) is 0. The molecule has 4 heteroatoms. The summed E-state index contributed by atoms with van der Waals surface area (Å²) in [5.41, 5.74) is -0.0681. The van der Waals surface area contributed by atoms with Crippen molar-refractivity contribution < 1.29 is 10.0 Å². The number of rotatable bonds is 2. The molecule has 0 aliphatic rings. The van der Waals surface area contributed by atoms with E-state index in [2.05, 4.69) is 0 Å². The van der Waals surface area contributed by atoms with Gasteiger partial charge in [0.05, 0.1) is 16.6 Å². The number of benzene rings is 1. The molecular formula is C11H15NO3. The first-order chi connectivity index (χ1) is 6.84. The standard InChI is InChI=1S/C11H15NO3/c1-11(2,3)10(13)8-6-4-5-7-9(8)12(14)15/h4-7,10,13H,1-3H3/t10-/m0/s1. The van der Waals surface area contributed by atoms with Crippen molar-refractivity contribution in [2.45, 2.75) is 26.9 Å². The Morgan fingerprint density at radius 2 is 1.87 bits per heavy atom. The molecule has 0 spiro atoms. The fourth-order valence-corrected chi connectivity index (χ4v) is 1.35. The van der Waals surface area contributed by atoms with E-state index in [9.17, 15) is 15.2 Å². The Morgan fingerprint density at radius 1 is 1.33 bits per heavy atom. The zero-order valence-electron chi connectivity index (χ0n) is 9.10. The van der Waals surface area contributed by atoms with E-state index in [0.29, 0.717) is 5.56 Å². The number of hydrogen-bond donors (Lipinski definition) is 1. The second kappa shape index (κ2) is 3.98. The number of nitro benzene ring substituents is 1. The minimum Gasteiger partial charge on any atom is -0.388 e. The summed E-state index contributed by atoms with van der Waals surface area (Å²) in [5.74, 6) is 0. The highest BCUT2D eigenvalue weighted by molar-refractivity contribution is 5.41. The molecule has 1 rings (SSSR count). The van der Waals surface area contributed by atoms with Gasteiger partial charge in [-0.05, 0) is 11.5 Å². The van der Waals surface area contributed by atoms with Crippen LogP contribution in [-0.2, 0) is 0 Å². The van der Waals surface area contributed by atoms with E-state index >= 15 is 0 Å². The number of aliphatic hydroxyl groups is 1. The van der Waals surface area contributed by atoms with Crippen molar-refractivity contribution in [3.63, 3.8) is 0 Å². The predicted molar refractivity (Wildman–Crippen MR) is 57.5 cm³/mol. The fourth-order valence-electron chi connectivity index (χ4n) is 1.35. The Morgan fingerprint density at radius 3 is 2.33 bits per heavy atom. The minimum atomic E-state index is -0.834. The lowest BCUT2D eigenvalue weighted by Gasteiger charge is -2.25. The van der Waals surface area contributed by atoms with Gasteiger partial charge in [0.1, 0.15) is 0 Å². The van der Waals surface area contributed by atoms with E-state index in [0.717, 1.165) is 0 Å². The molecule has 0 aliphatic carbocycles. The average molecular weight is 209 g/mol. The molecule has 1 N–H and O–H groups in total. The lowest BCUT2D eigenvalue weighted by molar-refractivity contribution is -0.386. The highest BCUT2D eigenvalue weighted by atomic mass is 16.6. The third kappa shape index (κ3) is 2.53. The molecule has 1 aromatic rings. The van der Waals surface area contributed by atoms with Crippen LogP contribution in [0.5, 0.6) is 0 Å². The summed E-state index contributed by atoms with van der Waals surface area (Å²) in [6.45, 7) is 5.52. The molecule has 0 radical (unpaired) electrons. The Balaban J connectivity index is 3.19. The smallest absolute Gasteiger partial charge is 0.275 e. The van der Waals surface area contributed by atoms with Gasteiger partial charge in [0.15, 0.2) is 0 Å². The number of nitro groups is 1. The Labute approximate surface area is 88.7 Å². The van der Waals surface area contributed by atoms with E-state index in [1.807, 2.05) is 20.8 Å². The normalized spacial score (nSPS) is 13.6. The first kappa shape index (κ1) is 11.7. The summed E-state index contributed by atoms with van der Waals surface area (Å²) in [6.07, 6.45) is -0.834. The zero-order valence-corrected chi connectivity index (χ0v) is 9.10. The molecule has 0 bridgehead atoms. The van der Waals surface area contributed by atoms with Crippen molar-refractivity contribution >= 4 is 5.69 Å². The van der Waals surface area contributed by atoms with Crippen molar-refractivity contribution in [3.05, 3.63) is 39.9 Å².